The summed E-state index contributed by atoms with van der Waals surface area (Å²) >= 11 is 0. The van der Waals surface area contributed by atoms with E-state index >= 15 is 0 Å². The Balaban J connectivity index is 2.13. The summed E-state index contributed by atoms with van der Waals surface area (Å²) in [6, 6.07) is 7.21. The molecule has 0 atom stereocenters. The quantitative estimate of drug-likeness (QED) is 0.609. The van der Waals surface area contributed by atoms with E-state index in [9.17, 15) is 4.79 Å². The minimum absolute atomic E-state index is 0.0360. The van der Waals surface area contributed by atoms with Crippen molar-refractivity contribution in [2.75, 3.05) is 0 Å². The van der Waals surface area contributed by atoms with Gasteiger partial charge in [0.05, 0.1) is 18.5 Å². The SMILES string of the molecule is O=c1cc[n+](Cc2cncnc2)c2ccccn12. The van der Waals surface area contributed by atoms with E-state index in [2.05, 4.69) is 9.97 Å². The molecule has 0 bridgehead atoms. The summed E-state index contributed by atoms with van der Waals surface area (Å²) in [6.07, 6.45) is 8.58. The Bertz CT molecular complexity index is 737. The smallest absolute Gasteiger partial charge is 0.244 e. The van der Waals surface area contributed by atoms with Gasteiger partial charge in [-0.25, -0.2) is 19.3 Å². The molecule has 0 unspecified atom stereocenters. The predicted octanol–water partition coefficient (Wildman–Crippen LogP) is 0.425. The fourth-order valence-electron chi connectivity index (χ4n) is 1.91. The van der Waals surface area contributed by atoms with Gasteiger partial charge in [0, 0.05) is 24.0 Å². The number of nitrogens with zero attached hydrogens (tertiary/aromatic N) is 4. The van der Waals surface area contributed by atoms with Gasteiger partial charge in [-0.3, -0.25) is 0 Å². The van der Waals surface area contributed by atoms with Gasteiger partial charge >= 0.3 is 5.56 Å². The van der Waals surface area contributed by atoms with Gasteiger partial charge in [-0.1, -0.05) is 6.07 Å². The minimum atomic E-state index is -0.0360. The Kier molecular flexibility index (Phi) is 2.57. The summed E-state index contributed by atoms with van der Waals surface area (Å²) in [4.78, 5) is 19.7. The van der Waals surface area contributed by atoms with Crippen molar-refractivity contribution in [2.45, 2.75) is 6.54 Å². The molecule has 3 aromatic rings. The molecule has 5 nitrogen and oxygen atoms in total. The van der Waals surface area contributed by atoms with Crippen LogP contribution >= 0.6 is 0 Å². The van der Waals surface area contributed by atoms with Crippen molar-refractivity contribution in [3.8, 4) is 0 Å². The molecule has 5 heteroatoms. The summed E-state index contributed by atoms with van der Waals surface area (Å²) in [5, 5.41) is 0. The van der Waals surface area contributed by atoms with E-state index < -0.39 is 0 Å². The van der Waals surface area contributed by atoms with Crippen LogP contribution in [-0.4, -0.2) is 14.4 Å². The zero-order chi connectivity index (χ0) is 12.4. The average molecular weight is 239 g/mol. The van der Waals surface area contributed by atoms with Crippen LogP contribution in [0.15, 0.2) is 60.2 Å². The highest BCUT2D eigenvalue weighted by molar-refractivity contribution is 5.30. The van der Waals surface area contributed by atoms with E-state index in [4.69, 9.17) is 0 Å². The minimum Gasteiger partial charge on any atom is -0.244 e. The molecule has 3 rings (SSSR count). The second-order valence-electron chi connectivity index (χ2n) is 3.96. The van der Waals surface area contributed by atoms with Gasteiger partial charge in [0.15, 0.2) is 0 Å². The van der Waals surface area contributed by atoms with Gasteiger partial charge in [-0.15, -0.1) is 0 Å². The molecule has 0 N–H and O–H groups in total. The molecule has 0 amide bonds. The van der Waals surface area contributed by atoms with Crippen LogP contribution in [0.5, 0.6) is 0 Å². The van der Waals surface area contributed by atoms with Crippen LogP contribution in [-0.2, 0) is 6.54 Å². The van der Waals surface area contributed by atoms with Crippen molar-refractivity contribution >= 4 is 5.65 Å². The molecule has 18 heavy (non-hydrogen) atoms. The maximum Gasteiger partial charge on any atom is 0.342 e. The first kappa shape index (κ1) is 10.6. The number of hydrogen-bond acceptors (Lipinski definition) is 3. The third-order valence-corrected chi connectivity index (χ3v) is 2.73. The maximum absolute atomic E-state index is 11.7. The van der Waals surface area contributed by atoms with Gasteiger partial charge < -0.3 is 0 Å². The molecule has 0 saturated heterocycles. The first-order valence-electron chi connectivity index (χ1n) is 5.58. The zero-order valence-electron chi connectivity index (χ0n) is 9.60. The van der Waals surface area contributed by atoms with E-state index in [0.717, 1.165) is 11.2 Å². The van der Waals surface area contributed by atoms with Crippen LogP contribution in [0.3, 0.4) is 0 Å². The Hall–Kier alpha value is -2.56. The van der Waals surface area contributed by atoms with Crippen molar-refractivity contribution < 1.29 is 4.57 Å². The molecule has 88 valence electrons. The van der Waals surface area contributed by atoms with E-state index in [1.54, 1.807) is 35.3 Å². The molecular weight excluding hydrogens is 228 g/mol. The van der Waals surface area contributed by atoms with E-state index in [1.807, 2.05) is 22.8 Å². The molecule has 0 aromatic carbocycles. The zero-order valence-corrected chi connectivity index (χ0v) is 9.60. The first-order valence-corrected chi connectivity index (χ1v) is 5.58. The molecule has 0 spiro atoms. The largest absolute Gasteiger partial charge is 0.342 e. The van der Waals surface area contributed by atoms with Crippen LogP contribution in [0.25, 0.3) is 5.65 Å². The third kappa shape index (κ3) is 1.86. The topological polar surface area (TPSA) is 51.1 Å². The maximum atomic E-state index is 11.7. The van der Waals surface area contributed by atoms with E-state index in [1.165, 1.54) is 6.33 Å². The summed E-state index contributed by atoms with van der Waals surface area (Å²) < 4.78 is 3.60. The summed E-state index contributed by atoms with van der Waals surface area (Å²) in [6.45, 7) is 0.634. The normalized spacial score (nSPS) is 10.7. The average Bonchev–Trinajstić information content (AvgIpc) is 2.44. The fourth-order valence-corrected chi connectivity index (χ4v) is 1.91. The lowest BCUT2D eigenvalue weighted by molar-refractivity contribution is -0.666. The van der Waals surface area contributed by atoms with Crippen LogP contribution in [0.1, 0.15) is 5.56 Å². The Morgan fingerprint density at radius 1 is 1.17 bits per heavy atom. The van der Waals surface area contributed by atoms with Crippen molar-refractivity contribution in [2.24, 2.45) is 0 Å². The molecule has 0 aliphatic heterocycles. The van der Waals surface area contributed by atoms with Gasteiger partial charge in [-0.2, -0.15) is 4.40 Å². The standard InChI is InChI=1S/C13H11N4O/c18-13-4-6-16(9-11-7-14-10-15-8-11)12-3-1-2-5-17(12)13/h1-8,10H,9H2/q+1. The summed E-state index contributed by atoms with van der Waals surface area (Å²) in [5.74, 6) is 0. The van der Waals surface area contributed by atoms with Crippen molar-refractivity contribution in [1.82, 2.24) is 14.4 Å². The van der Waals surface area contributed by atoms with Crippen LogP contribution < -0.4 is 10.1 Å². The highest BCUT2D eigenvalue weighted by atomic mass is 16.1. The Morgan fingerprint density at radius 2 is 2.00 bits per heavy atom. The number of pyridine rings is 1. The molecular formula is C13H11N4O+. The van der Waals surface area contributed by atoms with Gasteiger partial charge in [0.25, 0.3) is 5.65 Å². The monoisotopic (exact) mass is 239 g/mol. The molecule has 0 fully saturated rings. The summed E-state index contributed by atoms with van der Waals surface area (Å²) in [5.41, 5.74) is 1.80. The van der Waals surface area contributed by atoms with Crippen LogP contribution in [0.4, 0.5) is 0 Å². The molecule has 0 aliphatic rings. The predicted molar refractivity (Wildman–Crippen MR) is 65.0 cm³/mol. The number of rotatable bonds is 2. The molecule has 0 radical (unpaired) electrons. The van der Waals surface area contributed by atoms with E-state index in [0.29, 0.717) is 6.54 Å². The van der Waals surface area contributed by atoms with Crippen molar-refractivity contribution in [3.63, 3.8) is 0 Å². The number of fused-ring (bicyclic) bond motifs is 1. The molecule has 3 aromatic heterocycles. The Morgan fingerprint density at radius 3 is 2.83 bits per heavy atom. The van der Waals surface area contributed by atoms with Gasteiger partial charge in [-0.05, 0) is 6.07 Å². The molecule has 3 heterocycles. The molecule has 0 saturated carbocycles. The lowest BCUT2D eigenvalue weighted by Gasteiger charge is -2.02. The second kappa shape index (κ2) is 4.37. The lowest BCUT2D eigenvalue weighted by atomic mass is 10.3. The summed E-state index contributed by atoms with van der Waals surface area (Å²) in [7, 11) is 0. The van der Waals surface area contributed by atoms with E-state index in [-0.39, 0.29) is 5.56 Å². The number of aromatic nitrogens is 4. The Labute approximate surface area is 103 Å². The third-order valence-electron chi connectivity index (χ3n) is 2.73. The molecule has 0 aliphatic carbocycles. The fraction of sp³-hybridized carbons (Fsp3) is 0.0769. The first-order chi connectivity index (χ1) is 8.84. The highest BCUT2D eigenvalue weighted by Crippen LogP contribution is 1.96. The second-order valence-corrected chi connectivity index (χ2v) is 3.96. The van der Waals surface area contributed by atoms with Gasteiger partial charge in [0.2, 0.25) is 0 Å². The lowest BCUT2D eigenvalue weighted by Crippen LogP contribution is -2.39. The van der Waals surface area contributed by atoms with Gasteiger partial charge in [0.1, 0.15) is 12.9 Å². The highest BCUT2D eigenvalue weighted by Gasteiger charge is 2.09. The van der Waals surface area contributed by atoms with Crippen molar-refractivity contribution in [1.29, 1.82) is 0 Å². The van der Waals surface area contributed by atoms with Crippen molar-refractivity contribution in [3.05, 3.63) is 71.3 Å². The number of hydrogen-bond donors (Lipinski definition) is 0. The van der Waals surface area contributed by atoms with Crippen LogP contribution in [0.2, 0.25) is 0 Å². The van der Waals surface area contributed by atoms with Crippen LogP contribution in [0, 0.1) is 0 Å².